The number of rotatable bonds is 4. The third-order valence-corrected chi connectivity index (χ3v) is 5.85. The number of H-pyrrole nitrogens is 1. The molecule has 0 saturated heterocycles. The Morgan fingerprint density at radius 3 is 2.68 bits per heavy atom. The first-order chi connectivity index (χ1) is 15.1. The van der Waals surface area contributed by atoms with Gasteiger partial charge in [0.05, 0.1) is 17.1 Å². The first-order valence-corrected chi connectivity index (χ1v) is 10.5. The monoisotopic (exact) mass is 425 g/mol. The van der Waals surface area contributed by atoms with E-state index in [9.17, 15) is 4.79 Å². The van der Waals surface area contributed by atoms with Gasteiger partial charge in [0, 0.05) is 22.2 Å². The number of benzene rings is 2. The van der Waals surface area contributed by atoms with Crippen LogP contribution in [0.2, 0.25) is 0 Å². The summed E-state index contributed by atoms with van der Waals surface area (Å²) >= 11 is 6.32. The lowest BCUT2D eigenvalue weighted by Crippen LogP contribution is -2.29. The van der Waals surface area contributed by atoms with E-state index < -0.39 is 0 Å². The molecular weight excluding hydrogens is 406 g/mol. The SMILES string of the molecule is CC1=NC2C=CC(Cl)=CC2C(c2ccccc2)=C1C(=O)/C=C/c1nc2ccccc2[nH]1. The molecule has 2 aromatic carbocycles. The van der Waals surface area contributed by atoms with Crippen LogP contribution in [0.5, 0.6) is 0 Å². The zero-order chi connectivity index (χ0) is 21.4. The van der Waals surface area contributed by atoms with Gasteiger partial charge in [-0.2, -0.15) is 0 Å². The van der Waals surface area contributed by atoms with Gasteiger partial charge in [0.25, 0.3) is 0 Å². The van der Waals surface area contributed by atoms with E-state index in [1.54, 1.807) is 12.2 Å². The molecule has 5 rings (SSSR count). The molecule has 3 aromatic rings. The molecule has 2 atom stereocenters. The summed E-state index contributed by atoms with van der Waals surface area (Å²) in [7, 11) is 0. The molecule has 4 nitrogen and oxygen atoms in total. The fourth-order valence-electron chi connectivity index (χ4n) is 4.22. The number of aliphatic imine (C=N–C) groups is 1. The van der Waals surface area contributed by atoms with Crippen LogP contribution < -0.4 is 0 Å². The molecule has 1 aromatic heterocycles. The topological polar surface area (TPSA) is 58.1 Å². The number of imidazole rings is 1. The van der Waals surface area contributed by atoms with Crippen LogP contribution in [0.15, 0.2) is 94.5 Å². The highest BCUT2D eigenvalue weighted by molar-refractivity contribution is 6.33. The minimum absolute atomic E-state index is 0.0615. The highest BCUT2D eigenvalue weighted by Crippen LogP contribution is 2.40. The van der Waals surface area contributed by atoms with E-state index in [0.717, 1.165) is 27.9 Å². The number of nitrogens with one attached hydrogen (secondary N) is 1. The Kier molecular flexibility index (Phi) is 5.00. The van der Waals surface area contributed by atoms with Crippen LogP contribution in [0.3, 0.4) is 0 Å². The van der Waals surface area contributed by atoms with Gasteiger partial charge in [-0.3, -0.25) is 9.79 Å². The van der Waals surface area contributed by atoms with Crippen LogP contribution in [0, 0.1) is 5.92 Å². The number of para-hydroxylation sites is 2. The van der Waals surface area contributed by atoms with E-state index in [4.69, 9.17) is 16.6 Å². The molecule has 0 saturated carbocycles. The van der Waals surface area contributed by atoms with Gasteiger partial charge < -0.3 is 4.98 Å². The largest absolute Gasteiger partial charge is 0.338 e. The van der Waals surface area contributed by atoms with Crippen molar-refractivity contribution in [2.45, 2.75) is 13.0 Å². The Bertz CT molecular complexity index is 1290. The number of carbonyl (C=O) groups is 1. The second kappa shape index (κ2) is 7.97. The average Bonchev–Trinajstić information content (AvgIpc) is 3.20. The molecule has 2 heterocycles. The molecule has 0 fully saturated rings. The van der Waals surface area contributed by atoms with Crippen molar-refractivity contribution < 1.29 is 4.79 Å². The Labute approximate surface area is 185 Å². The van der Waals surface area contributed by atoms with E-state index >= 15 is 0 Å². The summed E-state index contributed by atoms with van der Waals surface area (Å²) < 4.78 is 0. The van der Waals surface area contributed by atoms with Crippen molar-refractivity contribution in [2.75, 3.05) is 0 Å². The fraction of sp³-hybridized carbons (Fsp3) is 0.115. The van der Waals surface area contributed by atoms with Gasteiger partial charge in [-0.05, 0) is 48.4 Å². The number of nitrogens with zero attached hydrogens (tertiary/aromatic N) is 2. The summed E-state index contributed by atoms with van der Waals surface area (Å²) in [6, 6.07) is 17.7. The number of aromatic amines is 1. The third-order valence-electron chi connectivity index (χ3n) is 5.60. The zero-order valence-electron chi connectivity index (χ0n) is 16.9. The summed E-state index contributed by atoms with van der Waals surface area (Å²) in [5, 5.41) is 0.661. The Morgan fingerprint density at radius 1 is 1.10 bits per heavy atom. The van der Waals surface area contributed by atoms with Crippen LogP contribution in [0.25, 0.3) is 22.7 Å². The predicted molar refractivity (Wildman–Crippen MR) is 127 cm³/mol. The molecule has 0 amide bonds. The maximum atomic E-state index is 13.4. The highest BCUT2D eigenvalue weighted by Gasteiger charge is 2.33. The number of fused-ring (bicyclic) bond motifs is 2. The number of hydrogen-bond donors (Lipinski definition) is 1. The molecule has 31 heavy (non-hydrogen) atoms. The van der Waals surface area contributed by atoms with Gasteiger partial charge in [-0.25, -0.2) is 4.98 Å². The average molecular weight is 426 g/mol. The van der Waals surface area contributed by atoms with Crippen LogP contribution in [-0.2, 0) is 4.79 Å². The molecule has 0 spiro atoms. The minimum Gasteiger partial charge on any atom is -0.338 e. The van der Waals surface area contributed by atoms with Crippen molar-refractivity contribution in [3.05, 3.63) is 101 Å². The molecule has 2 aliphatic rings. The quantitative estimate of drug-likeness (QED) is 0.541. The Morgan fingerprint density at radius 2 is 1.87 bits per heavy atom. The number of allylic oxidation sites excluding steroid dienone is 4. The van der Waals surface area contributed by atoms with Gasteiger partial charge in [-0.1, -0.05) is 66.2 Å². The maximum absolute atomic E-state index is 13.4. The number of dihydropyridines is 1. The van der Waals surface area contributed by atoms with E-state index in [2.05, 4.69) is 9.97 Å². The second-order valence-electron chi connectivity index (χ2n) is 7.63. The van der Waals surface area contributed by atoms with Crippen molar-refractivity contribution >= 4 is 45.8 Å². The smallest absolute Gasteiger partial charge is 0.188 e. The number of aromatic nitrogens is 2. The van der Waals surface area contributed by atoms with Gasteiger partial charge in [0.1, 0.15) is 5.82 Å². The number of ketones is 1. The van der Waals surface area contributed by atoms with Crippen LogP contribution in [-0.4, -0.2) is 27.5 Å². The molecular formula is C26H20ClN3O. The maximum Gasteiger partial charge on any atom is 0.188 e. The number of halogens is 1. The van der Waals surface area contributed by atoms with Crippen molar-refractivity contribution in [3.63, 3.8) is 0 Å². The fourth-order valence-corrected chi connectivity index (χ4v) is 4.43. The third kappa shape index (κ3) is 3.71. The molecule has 0 bridgehead atoms. The Hall–Kier alpha value is -3.50. The molecule has 1 N–H and O–H groups in total. The summed E-state index contributed by atoms with van der Waals surface area (Å²) in [5.41, 5.74) is 5.12. The van der Waals surface area contributed by atoms with Crippen molar-refractivity contribution in [1.29, 1.82) is 0 Å². The Balaban J connectivity index is 1.58. The first kappa shape index (κ1) is 19.5. The zero-order valence-corrected chi connectivity index (χ0v) is 17.7. The molecule has 2 unspecified atom stereocenters. The molecule has 1 aliphatic heterocycles. The van der Waals surface area contributed by atoms with Gasteiger partial charge in [0.2, 0.25) is 0 Å². The summed E-state index contributed by atoms with van der Waals surface area (Å²) in [4.78, 5) is 25.9. The minimum atomic E-state index is -0.0990. The summed E-state index contributed by atoms with van der Waals surface area (Å²) in [6.45, 7) is 1.90. The van der Waals surface area contributed by atoms with Gasteiger partial charge in [-0.15, -0.1) is 0 Å². The van der Waals surface area contributed by atoms with Gasteiger partial charge >= 0.3 is 0 Å². The summed E-state index contributed by atoms with van der Waals surface area (Å²) in [6.07, 6.45) is 9.16. The van der Waals surface area contributed by atoms with Crippen molar-refractivity contribution in [1.82, 2.24) is 9.97 Å². The van der Waals surface area contributed by atoms with Crippen LogP contribution >= 0.6 is 11.6 Å². The summed E-state index contributed by atoms with van der Waals surface area (Å²) in [5.74, 6) is 0.462. The normalized spacial score (nSPS) is 20.7. The number of carbonyl (C=O) groups excluding carboxylic acids is 1. The first-order valence-electron chi connectivity index (χ1n) is 10.2. The van der Waals surface area contributed by atoms with Crippen molar-refractivity contribution in [2.24, 2.45) is 10.9 Å². The van der Waals surface area contributed by atoms with Crippen LogP contribution in [0.4, 0.5) is 0 Å². The lowest BCUT2D eigenvalue weighted by molar-refractivity contribution is -0.110. The standard InChI is InChI=1S/C26H20ClN3O/c1-16-25(23(31)13-14-24-29-21-9-5-6-10-22(21)30-24)26(17-7-3-2-4-8-17)19-15-18(27)11-12-20(19)28-16/h2-15,19-20H,1H3,(H,29,30)/b14-13+. The molecule has 5 heteroatoms. The van der Waals surface area contributed by atoms with E-state index in [-0.39, 0.29) is 17.7 Å². The molecule has 0 radical (unpaired) electrons. The lowest BCUT2D eigenvalue weighted by atomic mass is 9.77. The predicted octanol–water partition coefficient (Wildman–Crippen LogP) is 5.75. The van der Waals surface area contributed by atoms with Gasteiger partial charge in [0.15, 0.2) is 5.78 Å². The van der Waals surface area contributed by atoms with E-state index in [0.29, 0.717) is 16.4 Å². The molecule has 1 aliphatic carbocycles. The van der Waals surface area contributed by atoms with E-state index in [1.165, 1.54) is 0 Å². The van der Waals surface area contributed by atoms with E-state index in [1.807, 2.05) is 79.7 Å². The van der Waals surface area contributed by atoms with Crippen LogP contribution in [0.1, 0.15) is 18.3 Å². The number of hydrogen-bond acceptors (Lipinski definition) is 3. The second-order valence-corrected chi connectivity index (χ2v) is 8.07. The molecule has 152 valence electrons. The highest BCUT2D eigenvalue weighted by atomic mass is 35.5. The van der Waals surface area contributed by atoms with Crippen molar-refractivity contribution in [3.8, 4) is 0 Å². The lowest BCUT2D eigenvalue weighted by Gasteiger charge is -2.31.